The molecule has 0 amide bonds. The highest BCUT2D eigenvalue weighted by Gasteiger charge is 2.14. The van der Waals surface area contributed by atoms with Crippen LogP contribution >= 0.6 is 0 Å². The zero-order valence-electron chi connectivity index (χ0n) is 15.5. The number of hydrogen-bond donors (Lipinski definition) is 1. The minimum absolute atomic E-state index is 0.0780. The maximum atomic E-state index is 13.7. The summed E-state index contributed by atoms with van der Waals surface area (Å²) in [6, 6.07) is 21.1. The molecule has 0 atom stereocenters. The SMILES string of the molecule is O=S(=O)(Cc1ccccc1)NCc1ccc(-c2cccc(F)c2)c2ccncc12. The lowest BCUT2D eigenvalue weighted by Crippen LogP contribution is -2.24. The maximum absolute atomic E-state index is 13.7. The molecule has 0 unspecified atom stereocenters. The third kappa shape index (κ3) is 4.50. The molecule has 0 aliphatic rings. The molecular weight excluding hydrogens is 387 g/mol. The quantitative estimate of drug-likeness (QED) is 0.507. The minimum atomic E-state index is -3.49. The highest BCUT2D eigenvalue weighted by atomic mass is 32.2. The van der Waals surface area contributed by atoms with Crippen LogP contribution < -0.4 is 4.72 Å². The molecule has 4 aromatic rings. The first-order valence-corrected chi connectivity index (χ1v) is 10.8. The Hall–Kier alpha value is -3.09. The second-order valence-electron chi connectivity index (χ2n) is 6.77. The van der Waals surface area contributed by atoms with E-state index in [0.29, 0.717) is 0 Å². The van der Waals surface area contributed by atoms with Gasteiger partial charge in [-0.25, -0.2) is 17.5 Å². The van der Waals surface area contributed by atoms with Crippen LogP contribution in [-0.4, -0.2) is 13.4 Å². The number of halogens is 1. The van der Waals surface area contributed by atoms with Crippen LogP contribution in [-0.2, 0) is 22.3 Å². The summed E-state index contributed by atoms with van der Waals surface area (Å²) < 4.78 is 41.3. The van der Waals surface area contributed by atoms with Gasteiger partial charge in [-0.05, 0) is 45.8 Å². The molecule has 1 aromatic heterocycles. The number of nitrogens with one attached hydrogen (secondary N) is 1. The number of rotatable bonds is 6. The van der Waals surface area contributed by atoms with Crippen molar-refractivity contribution in [1.29, 1.82) is 0 Å². The molecule has 0 bridgehead atoms. The Morgan fingerprint density at radius 2 is 1.72 bits per heavy atom. The first kappa shape index (κ1) is 19.2. The fourth-order valence-corrected chi connectivity index (χ4v) is 4.45. The topological polar surface area (TPSA) is 59.1 Å². The average molecular weight is 406 g/mol. The van der Waals surface area contributed by atoms with Crippen LogP contribution in [0.25, 0.3) is 21.9 Å². The van der Waals surface area contributed by atoms with E-state index in [1.807, 2.05) is 42.5 Å². The lowest BCUT2D eigenvalue weighted by atomic mass is 9.96. The Bertz CT molecular complexity index is 1260. The molecule has 1 N–H and O–H groups in total. The standard InChI is InChI=1S/C23H19FN2O2S/c24-20-8-4-7-18(13-20)21-10-9-19(23-15-25-12-11-22(21)23)14-26-29(27,28)16-17-5-2-1-3-6-17/h1-13,15,26H,14,16H2. The number of nitrogens with zero attached hydrogens (tertiary/aromatic N) is 1. The van der Waals surface area contributed by atoms with Crippen LogP contribution in [0.15, 0.2) is 85.2 Å². The van der Waals surface area contributed by atoms with Gasteiger partial charge in [-0.2, -0.15) is 0 Å². The summed E-state index contributed by atoms with van der Waals surface area (Å²) in [5, 5.41) is 1.72. The highest BCUT2D eigenvalue weighted by Crippen LogP contribution is 2.30. The zero-order chi connectivity index (χ0) is 20.3. The van der Waals surface area contributed by atoms with E-state index < -0.39 is 10.0 Å². The van der Waals surface area contributed by atoms with Crippen molar-refractivity contribution in [3.63, 3.8) is 0 Å². The summed E-state index contributed by atoms with van der Waals surface area (Å²) >= 11 is 0. The van der Waals surface area contributed by atoms with E-state index >= 15 is 0 Å². The number of sulfonamides is 1. The Kier molecular flexibility index (Phi) is 5.38. The summed E-state index contributed by atoms with van der Waals surface area (Å²) in [5.74, 6) is -0.381. The van der Waals surface area contributed by atoms with Crippen LogP contribution in [0.5, 0.6) is 0 Å². The number of pyridine rings is 1. The van der Waals surface area contributed by atoms with Crippen LogP contribution in [0.2, 0.25) is 0 Å². The van der Waals surface area contributed by atoms with Crippen molar-refractivity contribution in [3.05, 3.63) is 102 Å². The van der Waals surface area contributed by atoms with Crippen LogP contribution in [0, 0.1) is 5.82 Å². The molecule has 0 spiro atoms. The molecule has 3 aromatic carbocycles. The molecule has 0 aliphatic heterocycles. The molecule has 0 saturated heterocycles. The minimum Gasteiger partial charge on any atom is -0.264 e. The van der Waals surface area contributed by atoms with Crippen molar-refractivity contribution in [2.45, 2.75) is 12.3 Å². The summed E-state index contributed by atoms with van der Waals surface area (Å²) in [6.45, 7) is 0.154. The molecule has 0 aliphatic carbocycles. The van der Waals surface area contributed by atoms with E-state index in [0.717, 1.165) is 33.0 Å². The zero-order valence-corrected chi connectivity index (χ0v) is 16.4. The van der Waals surface area contributed by atoms with Crippen molar-refractivity contribution in [3.8, 4) is 11.1 Å². The highest BCUT2D eigenvalue weighted by molar-refractivity contribution is 7.88. The van der Waals surface area contributed by atoms with Crippen molar-refractivity contribution >= 4 is 20.8 Å². The van der Waals surface area contributed by atoms with Crippen molar-refractivity contribution in [1.82, 2.24) is 9.71 Å². The van der Waals surface area contributed by atoms with Crippen molar-refractivity contribution in [2.75, 3.05) is 0 Å². The van der Waals surface area contributed by atoms with Crippen molar-refractivity contribution < 1.29 is 12.8 Å². The molecular formula is C23H19FN2O2S. The third-order valence-electron chi connectivity index (χ3n) is 4.73. The molecule has 0 fully saturated rings. The first-order chi connectivity index (χ1) is 14.0. The fraction of sp³-hybridized carbons (Fsp3) is 0.0870. The van der Waals surface area contributed by atoms with Crippen LogP contribution in [0.4, 0.5) is 4.39 Å². The number of fused-ring (bicyclic) bond motifs is 1. The largest absolute Gasteiger partial charge is 0.264 e. The van der Waals surface area contributed by atoms with Gasteiger partial charge in [0, 0.05) is 24.3 Å². The van der Waals surface area contributed by atoms with E-state index in [2.05, 4.69) is 9.71 Å². The predicted octanol–water partition coefficient (Wildman–Crippen LogP) is 4.66. The van der Waals surface area contributed by atoms with Crippen LogP contribution in [0.3, 0.4) is 0 Å². The van der Waals surface area contributed by atoms with Gasteiger partial charge in [0.05, 0.1) is 5.75 Å². The second-order valence-corrected chi connectivity index (χ2v) is 8.58. The van der Waals surface area contributed by atoms with Gasteiger partial charge < -0.3 is 0 Å². The van der Waals surface area contributed by atoms with Gasteiger partial charge in [0.1, 0.15) is 5.82 Å². The fourth-order valence-electron chi connectivity index (χ4n) is 3.34. The van der Waals surface area contributed by atoms with Gasteiger partial charge in [-0.1, -0.05) is 54.6 Å². The summed E-state index contributed by atoms with van der Waals surface area (Å²) in [4.78, 5) is 4.19. The van der Waals surface area contributed by atoms with Crippen LogP contribution in [0.1, 0.15) is 11.1 Å². The lowest BCUT2D eigenvalue weighted by molar-refractivity contribution is 0.580. The Morgan fingerprint density at radius 3 is 2.52 bits per heavy atom. The molecule has 1 heterocycles. The van der Waals surface area contributed by atoms with Gasteiger partial charge >= 0.3 is 0 Å². The van der Waals surface area contributed by atoms with E-state index in [-0.39, 0.29) is 18.1 Å². The van der Waals surface area contributed by atoms with E-state index in [1.54, 1.807) is 30.6 Å². The van der Waals surface area contributed by atoms with Gasteiger partial charge in [0.25, 0.3) is 0 Å². The number of benzene rings is 3. The molecule has 29 heavy (non-hydrogen) atoms. The number of aromatic nitrogens is 1. The summed E-state index contributed by atoms with van der Waals surface area (Å²) in [5.41, 5.74) is 3.17. The Balaban J connectivity index is 1.63. The molecule has 0 radical (unpaired) electrons. The molecule has 146 valence electrons. The summed E-state index contributed by atoms with van der Waals surface area (Å²) in [7, 11) is -3.49. The normalized spacial score (nSPS) is 11.6. The Morgan fingerprint density at radius 1 is 0.897 bits per heavy atom. The van der Waals surface area contributed by atoms with E-state index in [4.69, 9.17) is 0 Å². The lowest BCUT2D eigenvalue weighted by Gasteiger charge is -2.12. The van der Waals surface area contributed by atoms with Gasteiger partial charge in [0.2, 0.25) is 10.0 Å². The molecule has 4 nitrogen and oxygen atoms in total. The number of hydrogen-bond acceptors (Lipinski definition) is 3. The van der Waals surface area contributed by atoms with Crippen molar-refractivity contribution in [2.24, 2.45) is 0 Å². The van der Waals surface area contributed by atoms with Gasteiger partial charge in [-0.15, -0.1) is 0 Å². The molecule has 4 rings (SSSR count). The van der Waals surface area contributed by atoms with Gasteiger partial charge in [0.15, 0.2) is 0 Å². The van der Waals surface area contributed by atoms with Gasteiger partial charge in [-0.3, -0.25) is 4.98 Å². The van der Waals surface area contributed by atoms with E-state index in [9.17, 15) is 12.8 Å². The maximum Gasteiger partial charge on any atom is 0.216 e. The monoisotopic (exact) mass is 406 g/mol. The van der Waals surface area contributed by atoms with E-state index in [1.165, 1.54) is 12.1 Å². The molecule has 6 heteroatoms. The average Bonchev–Trinajstić information content (AvgIpc) is 2.72. The third-order valence-corrected chi connectivity index (χ3v) is 6.02. The molecule has 0 saturated carbocycles. The Labute approximate surface area is 169 Å². The second kappa shape index (κ2) is 8.11. The smallest absolute Gasteiger partial charge is 0.216 e. The summed E-state index contributed by atoms with van der Waals surface area (Å²) in [6.07, 6.45) is 3.38. The predicted molar refractivity (Wildman–Crippen MR) is 113 cm³/mol. The first-order valence-electron chi connectivity index (χ1n) is 9.15.